The standard InChI is InChI=1S/C27H56O2/c1-10-13-16-17-18-19-20-26(23(4)5,24(6)7)27(25(8)9,28-21-14-11-2)29-22-15-12-3/h23-25H,10-22H2,1-9H3. The summed E-state index contributed by atoms with van der Waals surface area (Å²) in [6.07, 6.45) is 13.8. The van der Waals surface area contributed by atoms with E-state index in [0.29, 0.717) is 17.8 Å². The first kappa shape index (κ1) is 28.9. The maximum atomic E-state index is 6.84. The Kier molecular flexibility index (Phi) is 15.6. The summed E-state index contributed by atoms with van der Waals surface area (Å²) in [5.41, 5.74) is 0.0351. The Morgan fingerprint density at radius 3 is 1.31 bits per heavy atom. The van der Waals surface area contributed by atoms with Crippen molar-refractivity contribution in [2.45, 2.75) is 139 Å². The lowest BCUT2D eigenvalue weighted by Gasteiger charge is -2.57. The second-order valence-corrected chi connectivity index (χ2v) is 10.1. The molecule has 0 bridgehead atoms. The summed E-state index contributed by atoms with van der Waals surface area (Å²) < 4.78 is 13.7. The van der Waals surface area contributed by atoms with Crippen LogP contribution in [0.3, 0.4) is 0 Å². The van der Waals surface area contributed by atoms with Crippen LogP contribution >= 0.6 is 0 Å². The second-order valence-electron chi connectivity index (χ2n) is 10.1. The van der Waals surface area contributed by atoms with Crippen molar-refractivity contribution in [1.82, 2.24) is 0 Å². The van der Waals surface area contributed by atoms with E-state index in [-0.39, 0.29) is 5.41 Å². The summed E-state index contributed by atoms with van der Waals surface area (Å²) >= 11 is 0. The number of unbranched alkanes of at least 4 members (excludes halogenated alkanes) is 7. The van der Waals surface area contributed by atoms with Crippen LogP contribution in [0.25, 0.3) is 0 Å². The zero-order valence-corrected chi connectivity index (χ0v) is 21.7. The average Bonchev–Trinajstić information content (AvgIpc) is 2.66. The van der Waals surface area contributed by atoms with Crippen LogP contribution in [-0.4, -0.2) is 19.0 Å². The van der Waals surface area contributed by atoms with E-state index in [0.717, 1.165) is 38.9 Å². The van der Waals surface area contributed by atoms with Gasteiger partial charge in [-0.3, -0.25) is 0 Å². The summed E-state index contributed by atoms with van der Waals surface area (Å²) in [4.78, 5) is 0. The predicted octanol–water partition coefficient (Wildman–Crippen LogP) is 9.02. The fourth-order valence-corrected chi connectivity index (χ4v) is 5.34. The molecule has 0 heterocycles. The van der Waals surface area contributed by atoms with E-state index in [1.807, 2.05) is 0 Å². The average molecular weight is 413 g/mol. The number of hydrogen-bond donors (Lipinski definition) is 0. The van der Waals surface area contributed by atoms with Gasteiger partial charge in [0.2, 0.25) is 0 Å². The summed E-state index contributed by atoms with van der Waals surface area (Å²) in [5.74, 6) is 0.872. The molecule has 176 valence electrons. The second kappa shape index (κ2) is 15.7. The molecule has 0 fully saturated rings. The molecular formula is C27H56O2. The molecule has 2 heteroatoms. The molecule has 0 aromatic heterocycles. The molecule has 0 saturated carbocycles. The Balaban J connectivity index is 5.82. The van der Waals surface area contributed by atoms with Crippen molar-refractivity contribution in [1.29, 1.82) is 0 Å². The highest BCUT2D eigenvalue weighted by Crippen LogP contribution is 2.55. The topological polar surface area (TPSA) is 18.5 Å². The van der Waals surface area contributed by atoms with E-state index >= 15 is 0 Å². The first-order chi connectivity index (χ1) is 13.8. The summed E-state index contributed by atoms with van der Waals surface area (Å²) in [6, 6.07) is 0. The van der Waals surface area contributed by atoms with Crippen LogP contribution in [-0.2, 0) is 9.47 Å². The van der Waals surface area contributed by atoms with Gasteiger partial charge in [0.15, 0.2) is 5.79 Å². The molecule has 0 amide bonds. The molecule has 0 aliphatic rings. The maximum absolute atomic E-state index is 6.84. The molecule has 0 saturated heterocycles. The van der Waals surface area contributed by atoms with Gasteiger partial charge in [-0.15, -0.1) is 0 Å². The molecule has 29 heavy (non-hydrogen) atoms. The van der Waals surface area contributed by atoms with Gasteiger partial charge in [-0.2, -0.15) is 0 Å². The zero-order valence-electron chi connectivity index (χ0n) is 21.7. The lowest BCUT2D eigenvalue weighted by Crippen LogP contribution is -2.61. The zero-order chi connectivity index (χ0) is 22.3. The first-order valence-electron chi connectivity index (χ1n) is 13.0. The fraction of sp³-hybridized carbons (Fsp3) is 1.00. The van der Waals surface area contributed by atoms with Gasteiger partial charge in [0.05, 0.1) is 13.2 Å². The van der Waals surface area contributed by atoms with Crippen LogP contribution in [0.1, 0.15) is 133 Å². The van der Waals surface area contributed by atoms with Gasteiger partial charge in [0.25, 0.3) is 0 Å². The predicted molar refractivity (Wildman–Crippen MR) is 129 cm³/mol. The third-order valence-corrected chi connectivity index (χ3v) is 7.04. The highest BCUT2D eigenvalue weighted by atomic mass is 16.7. The van der Waals surface area contributed by atoms with Crippen molar-refractivity contribution < 1.29 is 9.47 Å². The Hall–Kier alpha value is -0.0800. The van der Waals surface area contributed by atoms with Crippen LogP contribution in [0.4, 0.5) is 0 Å². The van der Waals surface area contributed by atoms with Crippen LogP contribution in [0.5, 0.6) is 0 Å². The summed E-state index contributed by atoms with van der Waals surface area (Å²) in [6.45, 7) is 22.6. The molecule has 0 aromatic rings. The van der Waals surface area contributed by atoms with Crippen LogP contribution in [0.2, 0.25) is 0 Å². The molecule has 0 radical (unpaired) electrons. The maximum Gasteiger partial charge on any atom is 0.176 e. The molecule has 0 N–H and O–H groups in total. The van der Waals surface area contributed by atoms with Gasteiger partial charge in [0.1, 0.15) is 0 Å². The van der Waals surface area contributed by atoms with Crippen molar-refractivity contribution in [3.05, 3.63) is 0 Å². The Morgan fingerprint density at radius 1 is 0.517 bits per heavy atom. The molecule has 0 aromatic carbocycles. The van der Waals surface area contributed by atoms with Gasteiger partial charge in [-0.1, -0.05) is 114 Å². The summed E-state index contributed by atoms with van der Waals surface area (Å²) in [5, 5.41) is 0. The van der Waals surface area contributed by atoms with Crippen molar-refractivity contribution in [2.24, 2.45) is 23.2 Å². The Morgan fingerprint density at radius 2 is 0.931 bits per heavy atom. The van der Waals surface area contributed by atoms with Crippen molar-refractivity contribution in [3.63, 3.8) is 0 Å². The molecule has 2 nitrogen and oxygen atoms in total. The van der Waals surface area contributed by atoms with E-state index in [1.165, 1.54) is 44.9 Å². The van der Waals surface area contributed by atoms with E-state index in [2.05, 4.69) is 62.3 Å². The Bertz CT molecular complexity index is 355. The van der Waals surface area contributed by atoms with Crippen LogP contribution < -0.4 is 0 Å². The first-order valence-corrected chi connectivity index (χ1v) is 13.0. The molecule has 0 spiro atoms. The molecule has 0 unspecified atom stereocenters. The largest absolute Gasteiger partial charge is 0.349 e. The smallest absolute Gasteiger partial charge is 0.176 e. The number of ether oxygens (including phenoxy) is 2. The van der Waals surface area contributed by atoms with E-state index in [1.54, 1.807) is 0 Å². The van der Waals surface area contributed by atoms with Gasteiger partial charge < -0.3 is 9.47 Å². The van der Waals surface area contributed by atoms with Crippen molar-refractivity contribution in [2.75, 3.05) is 13.2 Å². The van der Waals surface area contributed by atoms with Gasteiger partial charge >= 0.3 is 0 Å². The minimum Gasteiger partial charge on any atom is -0.349 e. The van der Waals surface area contributed by atoms with E-state index in [9.17, 15) is 0 Å². The third-order valence-electron chi connectivity index (χ3n) is 7.04. The third kappa shape index (κ3) is 8.17. The summed E-state index contributed by atoms with van der Waals surface area (Å²) in [7, 11) is 0. The minimum atomic E-state index is -0.497. The van der Waals surface area contributed by atoms with Crippen LogP contribution in [0.15, 0.2) is 0 Å². The van der Waals surface area contributed by atoms with Crippen LogP contribution in [0, 0.1) is 23.2 Å². The number of rotatable bonds is 19. The SMILES string of the molecule is CCCCCCCCC(C(C)C)(C(C)C)C(OCCCC)(OCCCC)C(C)C. The number of hydrogen-bond acceptors (Lipinski definition) is 2. The molecule has 0 aliphatic carbocycles. The van der Waals surface area contributed by atoms with Crippen molar-refractivity contribution in [3.8, 4) is 0 Å². The highest BCUT2D eigenvalue weighted by molar-refractivity contribution is 5.00. The van der Waals surface area contributed by atoms with Crippen molar-refractivity contribution >= 4 is 0 Å². The van der Waals surface area contributed by atoms with Gasteiger partial charge in [-0.05, 0) is 31.1 Å². The molecular weight excluding hydrogens is 356 g/mol. The molecule has 0 aliphatic heterocycles. The van der Waals surface area contributed by atoms with Gasteiger partial charge in [-0.25, -0.2) is 0 Å². The van der Waals surface area contributed by atoms with E-state index in [4.69, 9.17) is 9.47 Å². The lowest BCUT2D eigenvalue weighted by molar-refractivity contribution is -0.345. The normalized spacial score (nSPS) is 13.2. The van der Waals surface area contributed by atoms with Gasteiger partial charge in [0, 0.05) is 11.3 Å². The van der Waals surface area contributed by atoms with E-state index < -0.39 is 5.79 Å². The highest BCUT2D eigenvalue weighted by Gasteiger charge is 2.58. The molecule has 0 rings (SSSR count). The monoisotopic (exact) mass is 412 g/mol. The fourth-order valence-electron chi connectivity index (χ4n) is 5.34. The molecule has 0 atom stereocenters. The quantitative estimate of drug-likeness (QED) is 0.156. The Labute approximate surface area is 184 Å². The minimum absolute atomic E-state index is 0.0351. The lowest BCUT2D eigenvalue weighted by atomic mass is 9.58.